The van der Waals surface area contributed by atoms with Crippen molar-refractivity contribution in [1.82, 2.24) is 9.97 Å². The van der Waals surface area contributed by atoms with Crippen LogP contribution in [-0.4, -0.2) is 21.8 Å². The van der Waals surface area contributed by atoms with Crippen LogP contribution in [-0.2, 0) is 22.4 Å². The Kier molecular flexibility index (Phi) is 5.05. The van der Waals surface area contributed by atoms with Gasteiger partial charge in [0.15, 0.2) is 11.6 Å². The average molecular weight is 432 g/mol. The number of hydrogen-bond acceptors (Lipinski definition) is 5. The zero-order valence-corrected chi connectivity index (χ0v) is 17.2. The summed E-state index contributed by atoms with van der Waals surface area (Å²) in [5, 5.41) is 5.44. The van der Waals surface area contributed by atoms with E-state index in [2.05, 4.69) is 20.6 Å². The van der Waals surface area contributed by atoms with Crippen molar-refractivity contribution in [2.75, 3.05) is 10.6 Å². The smallest absolute Gasteiger partial charge is 0.240 e. The minimum Gasteiger partial charge on any atom is -0.436 e. The molecule has 1 heterocycles. The first-order valence-corrected chi connectivity index (χ1v) is 10.5. The van der Waals surface area contributed by atoms with Crippen LogP contribution in [0.25, 0.3) is 0 Å². The molecule has 0 unspecified atom stereocenters. The molecule has 2 amide bonds. The van der Waals surface area contributed by atoms with Crippen LogP contribution in [0.1, 0.15) is 30.5 Å². The number of aryl methyl sites for hydroxylation is 1. The Morgan fingerprint density at radius 2 is 1.69 bits per heavy atom. The third kappa shape index (κ3) is 3.79. The summed E-state index contributed by atoms with van der Waals surface area (Å²) in [5.74, 6) is -1.07. The molecule has 2 N–H and O–H groups in total. The first-order chi connectivity index (χ1) is 15.5. The summed E-state index contributed by atoms with van der Waals surface area (Å²) in [6.45, 7) is 0. The van der Waals surface area contributed by atoms with Gasteiger partial charge in [-0.2, -0.15) is 0 Å². The number of carbonyl (C=O) groups excluding carboxylic acids is 2. The van der Waals surface area contributed by atoms with Crippen molar-refractivity contribution in [2.45, 2.75) is 32.1 Å². The number of aromatic nitrogens is 2. The van der Waals surface area contributed by atoms with Crippen molar-refractivity contribution >= 4 is 23.2 Å². The number of rotatable bonds is 6. The van der Waals surface area contributed by atoms with Crippen LogP contribution < -0.4 is 15.4 Å². The molecular weight excluding hydrogens is 411 g/mol. The van der Waals surface area contributed by atoms with Crippen molar-refractivity contribution in [3.05, 3.63) is 71.9 Å². The van der Waals surface area contributed by atoms with Crippen molar-refractivity contribution in [1.29, 1.82) is 0 Å². The monoisotopic (exact) mass is 432 g/mol. The number of nitrogens with zero attached hydrogens (tertiary/aromatic N) is 2. The SMILES string of the molecule is O=C(Nc1ccccc1)C1(C(=O)Nc2ccc(Oc3ncnc4c3CCC4)c(F)c2)CC1. The van der Waals surface area contributed by atoms with Gasteiger partial charge in [-0.25, -0.2) is 14.4 Å². The summed E-state index contributed by atoms with van der Waals surface area (Å²) < 4.78 is 20.4. The molecule has 3 aromatic rings. The fourth-order valence-electron chi connectivity index (χ4n) is 3.89. The molecule has 0 atom stereocenters. The lowest BCUT2D eigenvalue weighted by molar-refractivity contribution is -0.131. The van der Waals surface area contributed by atoms with Crippen molar-refractivity contribution < 1.29 is 18.7 Å². The largest absolute Gasteiger partial charge is 0.436 e. The van der Waals surface area contributed by atoms with Gasteiger partial charge in [0.05, 0.1) is 5.69 Å². The lowest BCUT2D eigenvalue weighted by Gasteiger charge is -2.16. The zero-order valence-electron chi connectivity index (χ0n) is 17.2. The number of amides is 2. The summed E-state index contributed by atoms with van der Waals surface area (Å²) in [6.07, 6.45) is 4.94. The molecule has 1 fully saturated rings. The maximum absolute atomic E-state index is 14.7. The molecule has 7 nitrogen and oxygen atoms in total. The van der Waals surface area contributed by atoms with Crippen LogP contribution in [0.15, 0.2) is 54.9 Å². The molecule has 0 radical (unpaired) electrons. The number of carbonyl (C=O) groups is 2. The van der Waals surface area contributed by atoms with Crippen LogP contribution in [0.3, 0.4) is 0 Å². The fraction of sp³-hybridized carbons (Fsp3) is 0.250. The van der Waals surface area contributed by atoms with E-state index in [1.54, 1.807) is 30.3 Å². The minimum atomic E-state index is -1.14. The molecule has 0 bridgehead atoms. The normalized spacial score (nSPS) is 15.5. The van der Waals surface area contributed by atoms with E-state index in [0.29, 0.717) is 24.4 Å². The van der Waals surface area contributed by atoms with E-state index >= 15 is 0 Å². The molecule has 1 aromatic heterocycles. The van der Waals surface area contributed by atoms with Crippen molar-refractivity contribution in [2.24, 2.45) is 5.41 Å². The number of nitrogens with one attached hydrogen (secondary N) is 2. The summed E-state index contributed by atoms with van der Waals surface area (Å²) in [5.41, 5.74) is 1.59. The molecule has 0 spiro atoms. The second kappa shape index (κ2) is 8.03. The molecule has 5 rings (SSSR count). The fourth-order valence-corrected chi connectivity index (χ4v) is 3.89. The number of fused-ring (bicyclic) bond motifs is 1. The number of anilines is 2. The number of hydrogen-bond donors (Lipinski definition) is 2. The topological polar surface area (TPSA) is 93.2 Å². The molecule has 0 aliphatic heterocycles. The summed E-state index contributed by atoms with van der Waals surface area (Å²) >= 11 is 0. The van der Waals surface area contributed by atoms with E-state index < -0.39 is 17.1 Å². The van der Waals surface area contributed by atoms with Gasteiger partial charge in [-0.15, -0.1) is 0 Å². The molecule has 32 heavy (non-hydrogen) atoms. The first-order valence-electron chi connectivity index (χ1n) is 10.5. The summed E-state index contributed by atoms with van der Waals surface area (Å²) in [6, 6.07) is 13.1. The van der Waals surface area contributed by atoms with E-state index in [0.717, 1.165) is 30.5 Å². The number of benzene rings is 2. The maximum atomic E-state index is 14.7. The van der Waals surface area contributed by atoms with Crippen LogP contribution in [0.2, 0.25) is 0 Å². The second-order valence-electron chi connectivity index (χ2n) is 8.06. The van der Waals surface area contributed by atoms with Crippen molar-refractivity contribution in [3.8, 4) is 11.6 Å². The molecular formula is C24H21FN4O3. The van der Waals surface area contributed by atoms with Crippen LogP contribution in [0, 0.1) is 11.2 Å². The van der Waals surface area contributed by atoms with E-state index in [1.807, 2.05) is 6.07 Å². The van der Waals surface area contributed by atoms with Gasteiger partial charge in [-0.1, -0.05) is 18.2 Å². The van der Waals surface area contributed by atoms with Gasteiger partial charge in [-0.3, -0.25) is 9.59 Å². The standard InChI is InChI=1S/C24H21FN4O3/c25-18-13-16(9-10-20(18)32-21-17-7-4-8-19(17)26-14-27-21)29-23(31)24(11-12-24)22(30)28-15-5-2-1-3-6-15/h1-3,5-6,9-10,13-14H,4,7-8,11-12H2,(H,28,30)(H,29,31). The van der Waals surface area contributed by atoms with Crippen LogP contribution in [0.4, 0.5) is 15.8 Å². The van der Waals surface area contributed by atoms with E-state index in [4.69, 9.17) is 4.74 Å². The van der Waals surface area contributed by atoms with Gasteiger partial charge in [0.1, 0.15) is 11.7 Å². The zero-order chi connectivity index (χ0) is 22.1. The highest BCUT2D eigenvalue weighted by atomic mass is 19.1. The second-order valence-corrected chi connectivity index (χ2v) is 8.06. The Morgan fingerprint density at radius 3 is 2.41 bits per heavy atom. The van der Waals surface area contributed by atoms with Gasteiger partial charge in [-0.05, 0) is 56.4 Å². The molecule has 1 saturated carbocycles. The molecule has 2 aliphatic carbocycles. The Hall–Kier alpha value is -3.81. The third-order valence-corrected chi connectivity index (χ3v) is 5.88. The summed E-state index contributed by atoms with van der Waals surface area (Å²) in [7, 11) is 0. The highest BCUT2D eigenvalue weighted by molar-refractivity contribution is 6.16. The number of para-hydroxylation sites is 1. The third-order valence-electron chi connectivity index (χ3n) is 5.88. The summed E-state index contributed by atoms with van der Waals surface area (Å²) in [4.78, 5) is 33.8. The van der Waals surface area contributed by atoms with E-state index in [1.165, 1.54) is 18.5 Å². The van der Waals surface area contributed by atoms with Crippen LogP contribution in [0.5, 0.6) is 11.6 Å². The highest BCUT2D eigenvalue weighted by Crippen LogP contribution is 2.47. The molecule has 8 heteroatoms. The Labute approximate surface area is 184 Å². The first kappa shape index (κ1) is 20.1. The van der Waals surface area contributed by atoms with Gasteiger partial charge >= 0.3 is 0 Å². The van der Waals surface area contributed by atoms with E-state index in [-0.39, 0.29) is 17.3 Å². The Balaban J connectivity index is 1.27. The molecule has 162 valence electrons. The predicted molar refractivity (Wildman–Crippen MR) is 116 cm³/mol. The van der Waals surface area contributed by atoms with Gasteiger partial charge in [0.2, 0.25) is 17.7 Å². The Bertz CT molecular complexity index is 1200. The lowest BCUT2D eigenvalue weighted by Crippen LogP contribution is -2.35. The van der Waals surface area contributed by atoms with E-state index in [9.17, 15) is 14.0 Å². The lowest BCUT2D eigenvalue weighted by atomic mass is 10.0. The van der Waals surface area contributed by atoms with Gasteiger partial charge in [0.25, 0.3) is 0 Å². The van der Waals surface area contributed by atoms with Gasteiger partial charge in [0, 0.05) is 23.0 Å². The molecule has 2 aromatic carbocycles. The molecule has 2 aliphatic rings. The quantitative estimate of drug-likeness (QED) is 0.568. The van der Waals surface area contributed by atoms with Crippen molar-refractivity contribution in [3.63, 3.8) is 0 Å². The van der Waals surface area contributed by atoms with Crippen LogP contribution >= 0.6 is 0 Å². The highest BCUT2D eigenvalue weighted by Gasteiger charge is 2.56. The number of ether oxygens (including phenoxy) is 1. The maximum Gasteiger partial charge on any atom is 0.240 e. The minimum absolute atomic E-state index is 0.0127. The predicted octanol–water partition coefficient (Wildman–Crippen LogP) is 4.25. The number of halogens is 1. The molecule has 0 saturated heterocycles. The average Bonchev–Trinajstić information content (AvgIpc) is 3.47. The Morgan fingerprint density at radius 1 is 0.938 bits per heavy atom. The van der Waals surface area contributed by atoms with Gasteiger partial charge < -0.3 is 15.4 Å².